The quantitative estimate of drug-likeness (QED) is 0.627. The summed E-state index contributed by atoms with van der Waals surface area (Å²) in [6.45, 7) is 0. The van der Waals surface area contributed by atoms with Crippen LogP contribution >= 0.6 is 0 Å². The van der Waals surface area contributed by atoms with Gasteiger partial charge in [0.25, 0.3) is 5.56 Å². The molecule has 1 atom stereocenters. The Morgan fingerprint density at radius 1 is 1.20 bits per heavy atom. The van der Waals surface area contributed by atoms with Crippen LogP contribution in [0.3, 0.4) is 0 Å². The van der Waals surface area contributed by atoms with Crippen LogP contribution in [0.4, 0.5) is 11.5 Å². The smallest absolute Gasteiger partial charge is 0.261 e. The molecule has 20 heavy (non-hydrogen) atoms. The third-order valence-corrected chi connectivity index (χ3v) is 3.45. The summed E-state index contributed by atoms with van der Waals surface area (Å²) in [5.74, 6) is 0.387. The first-order chi connectivity index (χ1) is 9.65. The predicted molar refractivity (Wildman–Crippen MR) is 73.6 cm³/mol. The zero-order valence-corrected chi connectivity index (χ0v) is 10.9. The van der Waals surface area contributed by atoms with E-state index in [1.807, 2.05) is 0 Å². The maximum Gasteiger partial charge on any atom is 0.261 e. The number of pyridine rings is 1. The molecule has 102 valence electrons. The highest BCUT2D eigenvalue weighted by Crippen LogP contribution is 2.21. The fraction of sp³-hybridized carbons (Fsp3) is 0. The highest BCUT2D eigenvalue weighted by molar-refractivity contribution is 7.79. The molecule has 3 N–H and O–H groups in total. The van der Waals surface area contributed by atoms with Crippen LogP contribution < -0.4 is 10.9 Å². The molecule has 2 aromatic heterocycles. The topological polar surface area (TPSA) is 114 Å². The van der Waals surface area contributed by atoms with Gasteiger partial charge in [-0.25, -0.2) is 0 Å². The lowest BCUT2D eigenvalue weighted by molar-refractivity contribution is 0.537. The number of H-pyrrole nitrogens is 2. The van der Waals surface area contributed by atoms with Gasteiger partial charge >= 0.3 is 0 Å². The monoisotopic (exact) mass is 289 g/mol. The maximum absolute atomic E-state index is 11.8. The average molecular weight is 289 g/mol. The van der Waals surface area contributed by atoms with Gasteiger partial charge in [0, 0.05) is 16.8 Å². The summed E-state index contributed by atoms with van der Waals surface area (Å²) in [5.41, 5.74) is 1.00. The molecule has 3 rings (SSSR count). The van der Waals surface area contributed by atoms with E-state index in [-0.39, 0.29) is 10.5 Å². The van der Waals surface area contributed by atoms with Crippen molar-refractivity contribution in [3.05, 3.63) is 46.9 Å². The molecule has 0 saturated heterocycles. The minimum Gasteiger partial charge on any atom is -0.768 e. The zero-order chi connectivity index (χ0) is 14.1. The number of fused-ring (bicyclic) bond motifs is 1. The van der Waals surface area contributed by atoms with Crippen molar-refractivity contribution in [2.24, 2.45) is 0 Å². The van der Waals surface area contributed by atoms with Crippen molar-refractivity contribution in [3.63, 3.8) is 0 Å². The standard InChI is InChI=1S/C12H10N4O3S/c17-12-10-9(5-6-13-12)15-16-11(10)14-7-1-3-8(4-2-7)20(18)19/h1-6H,(H,13,17)(H,18,19)(H2,14,15,16)/p-1. The van der Waals surface area contributed by atoms with Crippen molar-refractivity contribution in [2.75, 3.05) is 5.32 Å². The molecule has 1 unspecified atom stereocenters. The number of aromatic amines is 2. The lowest BCUT2D eigenvalue weighted by atomic mass is 10.3. The van der Waals surface area contributed by atoms with Crippen LogP contribution in [0.25, 0.3) is 10.9 Å². The van der Waals surface area contributed by atoms with Crippen molar-refractivity contribution in [1.82, 2.24) is 15.2 Å². The Balaban J connectivity index is 1.97. The second kappa shape index (κ2) is 4.91. The first-order valence-corrected chi connectivity index (χ1v) is 6.75. The van der Waals surface area contributed by atoms with Gasteiger partial charge in [0.2, 0.25) is 0 Å². The van der Waals surface area contributed by atoms with Crippen LogP contribution in [0.15, 0.2) is 46.2 Å². The first-order valence-electron chi connectivity index (χ1n) is 5.67. The molecule has 0 radical (unpaired) electrons. The van der Waals surface area contributed by atoms with Crippen molar-refractivity contribution in [2.45, 2.75) is 4.90 Å². The van der Waals surface area contributed by atoms with E-state index in [0.717, 1.165) is 0 Å². The Bertz CT molecular complexity index is 838. The predicted octanol–water partition coefficient (Wildman–Crippen LogP) is 1.23. The van der Waals surface area contributed by atoms with Crippen LogP contribution in [-0.4, -0.2) is 23.9 Å². The van der Waals surface area contributed by atoms with Gasteiger partial charge in [-0.1, -0.05) is 0 Å². The third kappa shape index (κ3) is 2.22. The zero-order valence-electron chi connectivity index (χ0n) is 10.0. The SMILES string of the molecule is O=c1[nH]ccc2[nH]nc(Nc3ccc(S(=O)[O-])cc3)c12. The highest BCUT2D eigenvalue weighted by atomic mass is 32.2. The van der Waals surface area contributed by atoms with Gasteiger partial charge in [-0.3, -0.25) is 14.1 Å². The molecule has 2 heterocycles. The Hall–Kier alpha value is -2.45. The van der Waals surface area contributed by atoms with Gasteiger partial charge in [-0.05, 0) is 41.4 Å². The molecule has 0 aliphatic carbocycles. The molecule has 1 aromatic carbocycles. The average Bonchev–Trinajstić information content (AvgIpc) is 2.84. The van der Waals surface area contributed by atoms with Crippen molar-refractivity contribution >= 4 is 33.5 Å². The van der Waals surface area contributed by atoms with Gasteiger partial charge in [-0.15, -0.1) is 0 Å². The normalized spacial score (nSPS) is 12.4. The minimum atomic E-state index is -2.26. The summed E-state index contributed by atoms with van der Waals surface area (Å²) in [6, 6.07) is 7.83. The van der Waals surface area contributed by atoms with Gasteiger partial charge in [0.05, 0.1) is 5.52 Å². The minimum absolute atomic E-state index is 0.195. The number of anilines is 2. The molecule has 7 nitrogen and oxygen atoms in total. The van der Waals surface area contributed by atoms with Crippen molar-refractivity contribution in [3.8, 4) is 0 Å². The fourth-order valence-corrected chi connectivity index (χ4v) is 2.21. The number of benzene rings is 1. The summed E-state index contributed by atoms with van der Waals surface area (Å²) in [4.78, 5) is 14.5. The summed E-state index contributed by atoms with van der Waals surface area (Å²) < 4.78 is 21.5. The number of hydrogen-bond acceptors (Lipinski definition) is 5. The van der Waals surface area contributed by atoms with Gasteiger partial charge in [0.15, 0.2) is 5.82 Å². The molecule has 0 aliphatic heterocycles. The Morgan fingerprint density at radius 3 is 2.65 bits per heavy atom. The van der Waals surface area contributed by atoms with E-state index < -0.39 is 11.1 Å². The number of aromatic nitrogens is 3. The molecule has 0 saturated carbocycles. The summed E-state index contributed by atoms with van der Waals surface area (Å²) in [5, 5.41) is 10.2. The van der Waals surface area contributed by atoms with E-state index in [1.54, 1.807) is 18.2 Å². The molecule has 8 heteroatoms. The number of nitrogens with zero attached hydrogens (tertiary/aromatic N) is 1. The van der Waals surface area contributed by atoms with Crippen molar-refractivity contribution in [1.29, 1.82) is 0 Å². The number of hydrogen-bond donors (Lipinski definition) is 3. The molecular formula is C12H9N4O3S-. The highest BCUT2D eigenvalue weighted by Gasteiger charge is 2.09. The molecule has 0 amide bonds. The Morgan fingerprint density at radius 2 is 1.95 bits per heavy atom. The van der Waals surface area contributed by atoms with Crippen LogP contribution in [0, 0.1) is 0 Å². The van der Waals surface area contributed by atoms with Crippen LogP contribution in [0.5, 0.6) is 0 Å². The lowest BCUT2D eigenvalue weighted by Gasteiger charge is -2.07. The molecule has 0 fully saturated rings. The van der Waals surface area contributed by atoms with E-state index in [1.165, 1.54) is 18.3 Å². The Kier molecular flexibility index (Phi) is 3.09. The summed E-state index contributed by atoms with van der Waals surface area (Å²) in [6.07, 6.45) is 1.53. The van der Waals surface area contributed by atoms with Crippen molar-refractivity contribution < 1.29 is 8.76 Å². The van der Waals surface area contributed by atoms with E-state index in [4.69, 9.17) is 0 Å². The molecule has 0 spiro atoms. The number of nitrogens with one attached hydrogen (secondary N) is 3. The van der Waals surface area contributed by atoms with Crippen LogP contribution in [0.1, 0.15) is 0 Å². The van der Waals surface area contributed by atoms with E-state index in [9.17, 15) is 13.6 Å². The summed E-state index contributed by atoms with van der Waals surface area (Å²) in [7, 11) is 0. The van der Waals surface area contributed by atoms with Gasteiger partial charge in [-0.2, -0.15) is 5.10 Å². The van der Waals surface area contributed by atoms with E-state index >= 15 is 0 Å². The second-order valence-corrected chi connectivity index (χ2v) is 4.99. The third-order valence-electron chi connectivity index (χ3n) is 2.80. The number of rotatable bonds is 3. The van der Waals surface area contributed by atoms with Crippen LogP contribution in [0.2, 0.25) is 0 Å². The molecule has 0 aliphatic rings. The second-order valence-electron chi connectivity index (χ2n) is 4.05. The largest absolute Gasteiger partial charge is 0.768 e. The van der Waals surface area contributed by atoms with Gasteiger partial charge in [0.1, 0.15) is 5.39 Å². The van der Waals surface area contributed by atoms with E-state index in [0.29, 0.717) is 22.4 Å². The molecule has 0 bridgehead atoms. The van der Waals surface area contributed by atoms with Crippen LogP contribution in [-0.2, 0) is 11.1 Å². The molecular weight excluding hydrogens is 280 g/mol. The fourth-order valence-electron chi connectivity index (χ4n) is 1.86. The molecule has 3 aromatic rings. The maximum atomic E-state index is 11.8. The van der Waals surface area contributed by atoms with E-state index in [2.05, 4.69) is 20.5 Å². The first kappa shape index (κ1) is 12.6. The van der Waals surface area contributed by atoms with Gasteiger partial charge < -0.3 is 14.9 Å². The lowest BCUT2D eigenvalue weighted by Crippen LogP contribution is -2.05. The summed E-state index contributed by atoms with van der Waals surface area (Å²) >= 11 is -2.26. The Labute approximate surface area is 115 Å².